The third kappa shape index (κ3) is 5.36. The molecule has 1 aromatic rings. The standard InChI is InChI=1S/C17H23N3O2S/c1-12(19-16(21)9-13-5-3-2-4-6-13)17(22)20-15(10-18)14-7-8-23-11-14/h7-8,11-13,15H,2-6,9H2,1H3,(H,19,21)(H,20,22)/t12-,15+/m0/s1. The van der Waals surface area contributed by atoms with Crippen molar-refractivity contribution in [3.63, 3.8) is 0 Å². The maximum absolute atomic E-state index is 12.2. The Morgan fingerprint density at radius 1 is 1.35 bits per heavy atom. The summed E-state index contributed by atoms with van der Waals surface area (Å²) >= 11 is 1.48. The van der Waals surface area contributed by atoms with Gasteiger partial charge in [0.1, 0.15) is 12.1 Å². The summed E-state index contributed by atoms with van der Waals surface area (Å²) in [6.45, 7) is 1.65. The van der Waals surface area contributed by atoms with Crippen molar-refractivity contribution in [3.05, 3.63) is 22.4 Å². The van der Waals surface area contributed by atoms with Gasteiger partial charge >= 0.3 is 0 Å². The van der Waals surface area contributed by atoms with E-state index in [0.29, 0.717) is 12.3 Å². The molecule has 2 N–H and O–H groups in total. The van der Waals surface area contributed by atoms with Crippen LogP contribution in [0.2, 0.25) is 0 Å². The minimum absolute atomic E-state index is 0.0800. The summed E-state index contributed by atoms with van der Waals surface area (Å²) in [6, 6.07) is 2.57. The number of hydrogen-bond acceptors (Lipinski definition) is 4. The van der Waals surface area contributed by atoms with Gasteiger partial charge in [-0.2, -0.15) is 16.6 Å². The lowest BCUT2D eigenvalue weighted by Gasteiger charge is -2.22. The van der Waals surface area contributed by atoms with Crippen LogP contribution < -0.4 is 10.6 Å². The summed E-state index contributed by atoms with van der Waals surface area (Å²) in [6.07, 6.45) is 6.33. The first-order valence-electron chi connectivity index (χ1n) is 8.11. The van der Waals surface area contributed by atoms with Crippen molar-refractivity contribution in [2.45, 2.75) is 57.5 Å². The summed E-state index contributed by atoms with van der Waals surface area (Å²) in [7, 11) is 0. The summed E-state index contributed by atoms with van der Waals surface area (Å²) in [4.78, 5) is 24.2. The fourth-order valence-corrected chi connectivity index (χ4v) is 3.60. The smallest absolute Gasteiger partial charge is 0.243 e. The lowest BCUT2D eigenvalue weighted by molar-refractivity contribution is -0.129. The Kier molecular flexibility index (Phi) is 6.60. The van der Waals surface area contributed by atoms with Crippen LogP contribution in [-0.4, -0.2) is 17.9 Å². The third-order valence-corrected chi connectivity index (χ3v) is 4.96. The first-order valence-corrected chi connectivity index (χ1v) is 9.06. The zero-order chi connectivity index (χ0) is 16.7. The zero-order valence-corrected chi connectivity index (χ0v) is 14.2. The second-order valence-corrected chi connectivity index (χ2v) is 6.90. The van der Waals surface area contributed by atoms with Crippen LogP contribution in [-0.2, 0) is 9.59 Å². The molecule has 0 radical (unpaired) electrons. The monoisotopic (exact) mass is 333 g/mol. The summed E-state index contributed by atoms with van der Waals surface area (Å²) in [5, 5.41) is 18.3. The molecule has 23 heavy (non-hydrogen) atoms. The van der Waals surface area contributed by atoms with Gasteiger partial charge in [0.2, 0.25) is 11.8 Å². The Balaban J connectivity index is 1.79. The molecule has 1 fully saturated rings. The molecule has 6 heteroatoms. The van der Waals surface area contributed by atoms with Gasteiger partial charge in [0.25, 0.3) is 0 Å². The Morgan fingerprint density at radius 3 is 2.70 bits per heavy atom. The second-order valence-electron chi connectivity index (χ2n) is 6.12. The Bertz CT molecular complexity index is 559. The highest BCUT2D eigenvalue weighted by Gasteiger charge is 2.22. The molecule has 0 spiro atoms. The van der Waals surface area contributed by atoms with Gasteiger partial charge in [0, 0.05) is 6.42 Å². The highest BCUT2D eigenvalue weighted by Crippen LogP contribution is 2.26. The van der Waals surface area contributed by atoms with Crippen molar-refractivity contribution in [1.29, 1.82) is 5.26 Å². The number of carbonyl (C=O) groups is 2. The third-order valence-electron chi connectivity index (χ3n) is 4.26. The van der Waals surface area contributed by atoms with Gasteiger partial charge in [-0.25, -0.2) is 0 Å². The number of amides is 2. The molecule has 1 heterocycles. The van der Waals surface area contributed by atoms with Crippen LogP contribution in [0.4, 0.5) is 0 Å². The van der Waals surface area contributed by atoms with E-state index in [0.717, 1.165) is 18.4 Å². The lowest BCUT2D eigenvalue weighted by atomic mass is 9.87. The number of nitriles is 1. The number of nitrogens with zero attached hydrogens (tertiary/aromatic N) is 1. The molecule has 0 saturated heterocycles. The largest absolute Gasteiger partial charge is 0.345 e. The van der Waals surface area contributed by atoms with Crippen molar-refractivity contribution in [2.24, 2.45) is 5.92 Å². The second kappa shape index (κ2) is 8.68. The molecule has 1 aromatic heterocycles. The van der Waals surface area contributed by atoms with Gasteiger partial charge in [0.05, 0.1) is 6.07 Å². The number of thiophene rings is 1. The van der Waals surface area contributed by atoms with Crippen molar-refractivity contribution in [2.75, 3.05) is 0 Å². The quantitative estimate of drug-likeness (QED) is 0.840. The highest BCUT2D eigenvalue weighted by molar-refractivity contribution is 7.08. The van der Waals surface area contributed by atoms with Gasteiger partial charge < -0.3 is 10.6 Å². The molecule has 0 unspecified atom stereocenters. The van der Waals surface area contributed by atoms with Crippen LogP contribution >= 0.6 is 11.3 Å². The predicted molar refractivity (Wildman–Crippen MR) is 89.6 cm³/mol. The molecule has 5 nitrogen and oxygen atoms in total. The van der Waals surface area contributed by atoms with Gasteiger partial charge in [0.15, 0.2) is 0 Å². The van der Waals surface area contributed by atoms with E-state index in [1.54, 1.807) is 6.92 Å². The molecule has 0 aliphatic heterocycles. The predicted octanol–water partition coefficient (Wildman–Crippen LogP) is 2.90. The Hall–Kier alpha value is -1.87. The van der Waals surface area contributed by atoms with Gasteiger partial charge in [-0.3, -0.25) is 9.59 Å². The fourth-order valence-electron chi connectivity index (χ4n) is 2.92. The zero-order valence-electron chi connectivity index (χ0n) is 13.4. The number of hydrogen-bond donors (Lipinski definition) is 2. The molecule has 124 valence electrons. The molecule has 2 rings (SSSR count). The molecular formula is C17H23N3O2S. The summed E-state index contributed by atoms with van der Waals surface area (Å²) in [5.74, 6) is 0.0278. The number of nitrogens with one attached hydrogen (secondary N) is 2. The van der Waals surface area contributed by atoms with E-state index in [4.69, 9.17) is 0 Å². The van der Waals surface area contributed by atoms with Crippen molar-refractivity contribution >= 4 is 23.2 Å². The average molecular weight is 333 g/mol. The van der Waals surface area contributed by atoms with Crippen molar-refractivity contribution in [3.8, 4) is 6.07 Å². The maximum Gasteiger partial charge on any atom is 0.243 e. The first kappa shape index (κ1) is 17.5. The lowest BCUT2D eigenvalue weighted by Crippen LogP contribution is -2.46. The van der Waals surface area contributed by atoms with Gasteiger partial charge in [-0.1, -0.05) is 19.3 Å². The minimum Gasteiger partial charge on any atom is -0.345 e. The van der Waals surface area contributed by atoms with Crippen LogP contribution in [0, 0.1) is 17.2 Å². The molecule has 1 saturated carbocycles. The topological polar surface area (TPSA) is 82.0 Å². The molecule has 0 bridgehead atoms. The van der Waals surface area contributed by atoms with Gasteiger partial charge in [-0.15, -0.1) is 0 Å². The maximum atomic E-state index is 12.2. The van der Waals surface area contributed by atoms with E-state index in [1.807, 2.05) is 16.8 Å². The van der Waals surface area contributed by atoms with Crippen LogP contribution in [0.3, 0.4) is 0 Å². The van der Waals surface area contributed by atoms with Gasteiger partial charge in [-0.05, 0) is 48.1 Å². The molecule has 0 aromatic carbocycles. The van der Waals surface area contributed by atoms with E-state index >= 15 is 0 Å². The van der Waals surface area contributed by atoms with E-state index in [9.17, 15) is 14.9 Å². The highest BCUT2D eigenvalue weighted by atomic mass is 32.1. The van der Waals surface area contributed by atoms with Crippen LogP contribution in [0.15, 0.2) is 16.8 Å². The number of carbonyl (C=O) groups excluding carboxylic acids is 2. The van der Waals surface area contributed by atoms with Crippen LogP contribution in [0.5, 0.6) is 0 Å². The molecule has 1 aliphatic carbocycles. The average Bonchev–Trinajstić information content (AvgIpc) is 3.07. The van der Waals surface area contributed by atoms with E-state index in [2.05, 4.69) is 16.7 Å². The molecular weight excluding hydrogens is 310 g/mol. The summed E-state index contributed by atoms with van der Waals surface area (Å²) < 4.78 is 0. The van der Waals surface area contributed by atoms with E-state index in [1.165, 1.54) is 30.6 Å². The Morgan fingerprint density at radius 2 is 2.09 bits per heavy atom. The fraction of sp³-hybridized carbons (Fsp3) is 0.588. The number of rotatable bonds is 6. The summed E-state index contributed by atoms with van der Waals surface area (Å²) in [5.41, 5.74) is 0.770. The minimum atomic E-state index is -0.675. The SMILES string of the molecule is C[C@H](NC(=O)CC1CCCCC1)C(=O)N[C@H](C#N)c1ccsc1. The van der Waals surface area contributed by atoms with E-state index in [-0.39, 0.29) is 11.8 Å². The molecule has 2 amide bonds. The van der Waals surface area contributed by atoms with Crippen LogP contribution in [0.1, 0.15) is 57.1 Å². The van der Waals surface area contributed by atoms with Crippen molar-refractivity contribution in [1.82, 2.24) is 10.6 Å². The normalized spacial score (nSPS) is 17.7. The first-order chi connectivity index (χ1) is 11.1. The van der Waals surface area contributed by atoms with E-state index < -0.39 is 12.1 Å². The van der Waals surface area contributed by atoms with Crippen molar-refractivity contribution < 1.29 is 9.59 Å². The Labute approximate surface area is 141 Å². The molecule has 1 aliphatic rings. The molecule has 2 atom stereocenters. The van der Waals surface area contributed by atoms with Crippen LogP contribution in [0.25, 0.3) is 0 Å².